The van der Waals surface area contributed by atoms with E-state index in [0.717, 1.165) is 31.2 Å². The SMILES string of the molecule is CC1CCN(c2c(S(=O)(=O)c3cc(F)cc(F)c3)cnc3cc(F)ccc23)CC1. The topological polar surface area (TPSA) is 50.3 Å². The van der Waals surface area contributed by atoms with Crippen molar-refractivity contribution in [3.05, 3.63) is 60.0 Å². The summed E-state index contributed by atoms with van der Waals surface area (Å²) in [5.74, 6) is -1.93. The number of aromatic nitrogens is 1. The summed E-state index contributed by atoms with van der Waals surface area (Å²) in [6.45, 7) is 3.37. The first-order chi connectivity index (χ1) is 13.8. The number of pyridine rings is 1. The second kappa shape index (κ2) is 7.33. The minimum atomic E-state index is -4.26. The van der Waals surface area contributed by atoms with E-state index >= 15 is 0 Å². The third-order valence-electron chi connectivity index (χ3n) is 5.30. The lowest BCUT2D eigenvalue weighted by Gasteiger charge is -2.34. The van der Waals surface area contributed by atoms with Crippen LogP contribution in [0.1, 0.15) is 19.8 Å². The largest absolute Gasteiger partial charge is 0.370 e. The first kappa shape index (κ1) is 19.7. The van der Waals surface area contributed by atoms with Crippen LogP contribution in [0.25, 0.3) is 10.9 Å². The van der Waals surface area contributed by atoms with Crippen LogP contribution in [-0.2, 0) is 9.84 Å². The zero-order valence-electron chi connectivity index (χ0n) is 15.7. The average Bonchev–Trinajstić information content (AvgIpc) is 2.67. The molecule has 0 bridgehead atoms. The Labute approximate surface area is 166 Å². The van der Waals surface area contributed by atoms with E-state index in [1.165, 1.54) is 18.2 Å². The average molecular weight is 420 g/mol. The lowest BCUT2D eigenvalue weighted by atomic mass is 9.98. The summed E-state index contributed by atoms with van der Waals surface area (Å²) >= 11 is 0. The Morgan fingerprint density at radius 1 is 0.966 bits per heavy atom. The van der Waals surface area contributed by atoms with Crippen molar-refractivity contribution in [3.8, 4) is 0 Å². The molecule has 1 aromatic heterocycles. The van der Waals surface area contributed by atoms with Crippen LogP contribution >= 0.6 is 0 Å². The number of nitrogens with zero attached hydrogens (tertiary/aromatic N) is 2. The second-order valence-corrected chi connectivity index (χ2v) is 9.33. The van der Waals surface area contributed by atoms with Gasteiger partial charge in [0.1, 0.15) is 22.3 Å². The molecule has 0 spiro atoms. The zero-order chi connectivity index (χ0) is 20.8. The smallest absolute Gasteiger partial charge is 0.210 e. The lowest BCUT2D eigenvalue weighted by Crippen LogP contribution is -2.34. The number of fused-ring (bicyclic) bond motifs is 1. The Bertz CT molecular complexity index is 1170. The molecule has 4 nitrogen and oxygen atoms in total. The van der Waals surface area contributed by atoms with Gasteiger partial charge in [0.2, 0.25) is 9.84 Å². The van der Waals surface area contributed by atoms with Crippen molar-refractivity contribution in [2.75, 3.05) is 18.0 Å². The van der Waals surface area contributed by atoms with Crippen molar-refractivity contribution in [1.82, 2.24) is 4.98 Å². The molecule has 3 aromatic rings. The van der Waals surface area contributed by atoms with Gasteiger partial charge in [0.15, 0.2) is 0 Å². The Kier molecular flexibility index (Phi) is 4.98. The minimum Gasteiger partial charge on any atom is -0.370 e. The lowest BCUT2D eigenvalue weighted by molar-refractivity contribution is 0.437. The van der Waals surface area contributed by atoms with E-state index in [2.05, 4.69) is 11.9 Å². The van der Waals surface area contributed by atoms with Gasteiger partial charge in [0.05, 0.1) is 16.1 Å². The van der Waals surface area contributed by atoms with E-state index in [4.69, 9.17) is 0 Å². The first-order valence-corrected chi connectivity index (χ1v) is 10.8. The molecule has 0 radical (unpaired) electrons. The van der Waals surface area contributed by atoms with Gasteiger partial charge in [-0.05, 0) is 43.0 Å². The van der Waals surface area contributed by atoms with Gasteiger partial charge >= 0.3 is 0 Å². The predicted octanol–water partition coefficient (Wildman–Crippen LogP) is 4.72. The number of piperidine rings is 1. The molecule has 4 rings (SSSR count). The Morgan fingerprint density at radius 2 is 1.62 bits per heavy atom. The van der Waals surface area contributed by atoms with Gasteiger partial charge in [-0.1, -0.05) is 6.92 Å². The predicted molar refractivity (Wildman–Crippen MR) is 104 cm³/mol. The van der Waals surface area contributed by atoms with E-state index < -0.39 is 32.2 Å². The summed E-state index contributed by atoms with van der Waals surface area (Å²) in [7, 11) is -4.26. The Balaban J connectivity index is 1.96. The number of hydrogen-bond donors (Lipinski definition) is 0. The van der Waals surface area contributed by atoms with Crippen molar-refractivity contribution >= 4 is 26.4 Å². The van der Waals surface area contributed by atoms with Gasteiger partial charge in [-0.3, -0.25) is 4.98 Å². The molecule has 0 N–H and O–H groups in total. The summed E-state index contributed by atoms with van der Waals surface area (Å²) in [5.41, 5.74) is 0.717. The maximum absolute atomic E-state index is 13.7. The van der Waals surface area contributed by atoms with E-state index in [1.807, 2.05) is 4.90 Å². The summed E-state index contributed by atoms with van der Waals surface area (Å²) in [6.07, 6.45) is 2.89. The molecule has 1 fully saturated rings. The van der Waals surface area contributed by atoms with E-state index in [9.17, 15) is 21.6 Å². The molecule has 0 saturated carbocycles. The van der Waals surface area contributed by atoms with Gasteiger partial charge in [0, 0.05) is 36.8 Å². The molecule has 152 valence electrons. The monoisotopic (exact) mass is 420 g/mol. The number of halogens is 3. The molecular weight excluding hydrogens is 401 g/mol. The fourth-order valence-corrected chi connectivity index (χ4v) is 5.17. The highest BCUT2D eigenvalue weighted by atomic mass is 32.2. The molecule has 1 saturated heterocycles. The van der Waals surface area contributed by atoms with Crippen molar-refractivity contribution in [2.45, 2.75) is 29.6 Å². The van der Waals surface area contributed by atoms with Crippen LogP contribution in [0.4, 0.5) is 18.9 Å². The zero-order valence-corrected chi connectivity index (χ0v) is 16.5. The molecule has 0 aliphatic carbocycles. The number of anilines is 1. The molecule has 8 heteroatoms. The van der Waals surface area contributed by atoms with Crippen LogP contribution in [0.2, 0.25) is 0 Å². The van der Waals surface area contributed by atoms with Crippen molar-refractivity contribution in [3.63, 3.8) is 0 Å². The number of sulfone groups is 1. The number of hydrogen-bond acceptors (Lipinski definition) is 4. The van der Waals surface area contributed by atoms with Crippen LogP contribution in [0.5, 0.6) is 0 Å². The van der Waals surface area contributed by atoms with Gasteiger partial charge in [-0.2, -0.15) is 0 Å². The fraction of sp³-hybridized carbons (Fsp3) is 0.286. The van der Waals surface area contributed by atoms with E-state index in [-0.39, 0.29) is 4.90 Å². The molecular formula is C21H19F3N2O2S. The van der Waals surface area contributed by atoms with Crippen LogP contribution < -0.4 is 4.90 Å². The van der Waals surface area contributed by atoms with Crippen LogP contribution in [0.15, 0.2) is 52.4 Å². The number of rotatable bonds is 3. The molecule has 0 amide bonds. The molecule has 2 aromatic carbocycles. The maximum atomic E-state index is 13.7. The van der Waals surface area contributed by atoms with Crippen LogP contribution in [0.3, 0.4) is 0 Å². The molecule has 29 heavy (non-hydrogen) atoms. The molecule has 2 heterocycles. The summed E-state index contributed by atoms with van der Waals surface area (Å²) < 4.78 is 67.7. The fourth-order valence-electron chi connectivity index (χ4n) is 3.70. The normalized spacial score (nSPS) is 15.8. The summed E-state index contributed by atoms with van der Waals surface area (Å²) in [5, 5.41) is 0.485. The minimum absolute atomic E-state index is 0.142. The summed E-state index contributed by atoms with van der Waals surface area (Å²) in [4.78, 5) is 5.43. The Hall–Kier alpha value is -2.61. The molecule has 0 unspecified atom stereocenters. The third kappa shape index (κ3) is 3.69. The van der Waals surface area contributed by atoms with Gasteiger partial charge in [-0.25, -0.2) is 21.6 Å². The quantitative estimate of drug-likeness (QED) is 0.615. The van der Waals surface area contributed by atoms with Gasteiger partial charge in [-0.15, -0.1) is 0 Å². The molecule has 0 atom stereocenters. The van der Waals surface area contributed by atoms with E-state index in [1.54, 1.807) is 0 Å². The van der Waals surface area contributed by atoms with Crippen molar-refractivity contribution in [2.24, 2.45) is 5.92 Å². The van der Waals surface area contributed by atoms with Crippen LogP contribution in [-0.4, -0.2) is 26.5 Å². The first-order valence-electron chi connectivity index (χ1n) is 9.30. The second-order valence-electron chi connectivity index (χ2n) is 7.41. The standard InChI is InChI=1S/C21H19F3N2O2S/c1-13-4-6-26(7-5-13)21-18-3-2-14(22)11-19(18)25-12-20(21)29(27,28)17-9-15(23)8-16(24)10-17/h2-3,8-13H,4-7H2,1H3. The highest BCUT2D eigenvalue weighted by Crippen LogP contribution is 2.38. The van der Waals surface area contributed by atoms with Gasteiger partial charge < -0.3 is 4.90 Å². The summed E-state index contributed by atoms with van der Waals surface area (Å²) in [6, 6.07) is 6.18. The molecule has 1 aliphatic heterocycles. The maximum Gasteiger partial charge on any atom is 0.210 e. The Morgan fingerprint density at radius 3 is 2.28 bits per heavy atom. The van der Waals surface area contributed by atoms with Gasteiger partial charge in [0.25, 0.3) is 0 Å². The van der Waals surface area contributed by atoms with E-state index in [0.29, 0.717) is 41.7 Å². The number of benzene rings is 2. The van der Waals surface area contributed by atoms with Crippen LogP contribution in [0, 0.1) is 23.4 Å². The van der Waals surface area contributed by atoms with Crippen molar-refractivity contribution < 1.29 is 21.6 Å². The highest BCUT2D eigenvalue weighted by Gasteiger charge is 2.29. The van der Waals surface area contributed by atoms with Crippen molar-refractivity contribution in [1.29, 1.82) is 0 Å². The molecule has 1 aliphatic rings. The third-order valence-corrected chi connectivity index (χ3v) is 7.04. The highest BCUT2D eigenvalue weighted by molar-refractivity contribution is 7.91.